The summed E-state index contributed by atoms with van der Waals surface area (Å²) in [6, 6.07) is 13.1. The van der Waals surface area contributed by atoms with Crippen LogP contribution < -0.4 is 10.1 Å². The maximum absolute atomic E-state index is 12.7. The molecule has 158 valence electrons. The Balaban J connectivity index is 1.32. The van der Waals surface area contributed by atoms with Crippen LogP contribution in [0.5, 0.6) is 11.5 Å². The molecule has 2 aromatic carbocycles. The number of nitrogens with zero attached hydrogens (tertiary/aromatic N) is 2. The van der Waals surface area contributed by atoms with E-state index in [2.05, 4.69) is 15.3 Å². The van der Waals surface area contributed by atoms with Gasteiger partial charge in [0.05, 0.1) is 16.0 Å². The van der Waals surface area contributed by atoms with Gasteiger partial charge in [-0.2, -0.15) is 0 Å². The van der Waals surface area contributed by atoms with Crippen molar-refractivity contribution >= 4 is 23.3 Å². The molecule has 1 N–H and O–H groups in total. The van der Waals surface area contributed by atoms with Crippen molar-refractivity contribution in [3.05, 3.63) is 82.9 Å². The van der Waals surface area contributed by atoms with Gasteiger partial charge < -0.3 is 10.1 Å². The molecule has 7 heteroatoms. The zero-order valence-electron chi connectivity index (χ0n) is 17.1. The highest BCUT2D eigenvalue weighted by molar-refractivity contribution is 6.32. The third kappa shape index (κ3) is 4.91. The van der Waals surface area contributed by atoms with E-state index in [1.807, 2.05) is 49.4 Å². The van der Waals surface area contributed by atoms with E-state index in [0.717, 1.165) is 11.1 Å². The van der Waals surface area contributed by atoms with Gasteiger partial charge in [-0.3, -0.25) is 9.59 Å². The molecule has 0 aliphatic heterocycles. The Morgan fingerprint density at radius 3 is 2.48 bits per heavy atom. The van der Waals surface area contributed by atoms with Crippen LogP contribution >= 0.6 is 11.6 Å². The first-order valence-electron chi connectivity index (χ1n) is 10.1. The molecular formula is C24H22ClN3O3. The molecule has 4 rings (SSSR count). The van der Waals surface area contributed by atoms with Crippen LogP contribution in [-0.2, 0) is 11.3 Å². The molecule has 0 spiro atoms. The monoisotopic (exact) mass is 435 g/mol. The quantitative estimate of drug-likeness (QED) is 0.509. The van der Waals surface area contributed by atoms with Gasteiger partial charge in [-0.25, -0.2) is 9.97 Å². The first-order valence-corrected chi connectivity index (χ1v) is 10.4. The Labute approximate surface area is 185 Å². The number of aromatic nitrogens is 2. The standard InChI is InChI=1S/C24H22ClN3O3/c1-16-3-2-4-21(22(16)25)31-19-7-5-17(6-8-19)12-28-23(30)24(9-10-24)11-20(29)18-13-26-15-27-14-18/h2-8,13-15H,9-12H2,1H3,(H,28,30). The molecule has 1 saturated carbocycles. The molecule has 31 heavy (non-hydrogen) atoms. The van der Waals surface area contributed by atoms with Crippen LogP contribution in [0.1, 0.15) is 40.7 Å². The number of amides is 1. The van der Waals surface area contributed by atoms with E-state index in [9.17, 15) is 9.59 Å². The molecule has 1 heterocycles. The third-order valence-corrected chi connectivity index (χ3v) is 5.96. The number of carbonyl (C=O) groups excluding carboxylic acids is 2. The number of halogens is 1. The van der Waals surface area contributed by atoms with Crippen LogP contribution in [0, 0.1) is 12.3 Å². The molecule has 0 radical (unpaired) electrons. The van der Waals surface area contributed by atoms with Crippen molar-refractivity contribution in [2.75, 3.05) is 0 Å². The van der Waals surface area contributed by atoms with Crippen molar-refractivity contribution in [2.45, 2.75) is 32.7 Å². The van der Waals surface area contributed by atoms with Gasteiger partial charge in [0, 0.05) is 25.4 Å². The second-order valence-electron chi connectivity index (χ2n) is 7.82. The Kier molecular flexibility index (Phi) is 6.00. The predicted molar refractivity (Wildman–Crippen MR) is 117 cm³/mol. The van der Waals surface area contributed by atoms with Crippen LogP contribution in [0.25, 0.3) is 0 Å². The number of Topliss-reactive ketones (excluding diaryl/α,β-unsaturated/α-hetero) is 1. The molecule has 0 unspecified atom stereocenters. The summed E-state index contributed by atoms with van der Waals surface area (Å²) in [6.45, 7) is 2.31. The Morgan fingerprint density at radius 2 is 1.81 bits per heavy atom. The number of aryl methyl sites for hydroxylation is 1. The molecule has 1 aromatic heterocycles. The zero-order valence-corrected chi connectivity index (χ0v) is 17.9. The molecular weight excluding hydrogens is 414 g/mol. The van der Waals surface area contributed by atoms with Crippen LogP contribution in [0.4, 0.5) is 0 Å². The summed E-state index contributed by atoms with van der Waals surface area (Å²) >= 11 is 6.28. The number of benzene rings is 2. The first kappa shape index (κ1) is 21.0. The van der Waals surface area contributed by atoms with Gasteiger partial charge in [0.25, 0.3) is 0 Å². The van der Waals surface area contributed by atoms with Crippen molar-refractivity contribution in [2.24, 2.45) is 5.41 Å². The molecule has 1 fully saturated rings. The molecule has 3 aromatic rings. The van der Waals surface area contributed by atoms with Crippen molar-refractivity contribution < 1.29 is 14.3 Å². The Morgan fingerprint density at radius 1 is 1.10 bits per heavy atom. The third-order valence-electron chi connectivity index (χ3n) is 5.48. The van der Waals surface area contributed by atoms with E-state index in [1.54, 1.807) is 0 Å². The van der Waals surface area contributed by atoms with Crippen LogP contribution in [0.3, 0.4) is 0 Å². The first-order chi connectivity index (χ1) is 15.0. The lowest BCUT2D eigenvalue weighted by Crippen LogP contribution is -2.33. The van der Waals surface area contributed by atoms with E-state index >= 15 is 0 Å². The van der Waals surface area contributed by atoms with Crippen LogP contribution in [-0.4, -0.2) is 21.7 Å². The van der Waals surface area contributed by atoms with Gasteiger partial charge in [0.1, 0.15) is 17.8 Å². The lowest BCUT2D eigenvalue weighted by Gasteiger charge is -2.15. The second kappa shape index (κ2) is 8.86. The normalized spacial score (nSPS) is 14.0. The maximum Gasteiger partial charge on any atom is 0.226 e. The maximum atomic E-state index is 12.7. The number of carbonyl (C=O) groups is 2. The fraction of sp³-hybridized carbons (Fsp3) is 0.250. The second-order valence-corrected chi connectivity index (χ2v) is 8.20. The number of rotatable bonds is 8. The van der Waals surface area contributed by atoms with E-state index in [4.69, 9.17) is 16.3 Å². The summed E-state index contributed by atoms with van der Waals surface area (Å²) < 4.78 is 5.85. The molecule has 0 saturated heterocycles. The Hall–Kier alpha value is -3.25. The smallest absolute Gasteiger partial charge is 0.226 e. The minimum Gasteiger partial charge on any atom is -0.456 e. The van der Waals surface area contributed by atoms with Crippen molar-refractivity contribution in [3.63, 3.8) is 0 Å². The molecule has 0 bridgehead atoms. The average Bonchev–Trinajstić information content (AvgIpc) is 3.57. The summed E-state index contributed by atoms with van der Waals surface area (Å²) in [5.41, 5.74) is 1.71. The minimum absolute atomic E-state index is 0.0930. The lowest BCUT2D eigenvalue weighted by atomic mass is 9.95. The van der Waals surface area contributed by atoms with Gasteiger partial charge in [0.2, 0.25) is 5.91 Å². The largest absolute Gasteiger partial charge is 0.456 e. The highest BCUT2D eigenvalue weighted by Crippen LogP contribution is 2.49. The van der Waals surface area contributed by atoms with E-state index in [1.165, 1.54) is 18.7 Å². The zero-order chi connectivity index (χ0) is 21.8. The fourth-order valence-corrected chi connectivity index (χ4v) is 3.52. The summed E-state index contributed by atoms with van der Waals surface area (Å²) in [5, 5.41) is 3.55. The minimum atomic E-state index is -0.613. The van der Waals surface area contributed by atoms with Gasteiger partial charge in [0.15, 0.2) is 5.78 Å². The van der Waals surface area contributed by atoms with Crippen molar-refractivity contribution in [1.29, 1.82) is 0 Å². The van der Waals surface area contributed by atoms with Gasteiger partial charge >= 0.3 is 0 Å². The molecule has 1 amide bonds. The van der Waals surface area contributed by atoms with Crippen LogP contribution in [0.15, 0.2) is 61.2 Å². The number of ketones is 1. The van der Waals surface area contributed by atoms with E-state index in [-0.39, 0.29) is 18.1 Å². The summed E-state index contributed by atoms with van der Waals surface area (Å²) in [4.78, 5) is 32.9. The topological polar surface area (TPSA) is 81.2 Å². The molecule has 1 aliphatic rings. The fourth-order valence-electron chi connectivity index (χ4n) is 3.36. The van der Waals surface area contributed by atoms with Gasteiger partial charge in [-0.1, -0.05) is 35.9 Å². The van der Waals surface area contributed by atoms with E-state index in [0.29, 0.717) is 41.5 Å². The highest BCUT2D eigenvalue weighted by atomic mass is 35.5. The number of nitrogens with one attached hydrogen (secondary N) is 1. The predicted octanol–water partition coefficient (Wildman–Crippen LogP) is 4.90. The SMILES string of the molecule is Cc1cccc(Oc2ccc(CNC(=O)C3(CC(=O)c4cncnc4)CC3)cc2)c1Cl. The van der Waals surface area contributed by atoms with E-state index < -0.39 is 5.41 Å². The van der Waals surface area contributed by atoms with Gasteiger partial charge in [-0.05, 0) is 49.1 Å². The van der Waals surface area contributed by atoms with Gasteiger partial charge in [-0.15, -0.1) is 0 Å². The van der Waals surface area contributed by atoms with Crippen LogP contribution in [0.2, 0.25) is 5.02 Å². The number of hydrogen-bond donors (Lipinski definition) is 1. The molecule has 6 nitrogen and oxygen atoms in total. The highest BCUT2D eigenvalue weighted by Gasteiger charge is 2.50. The summed E-state index contributed by atoms with van der Waals surface area (Å²) in [5.74, 6) is 1.07. The summed E-state index contributed by atoms with van der Waals surface area (Å²) in [7, 11) is 0. The average molecular weight is 436 g/mol. The summed E-state index contributed by atoms with van der Waals surface area (Å²) in [6.07, 6.45) is 5.94. The number of hydrogen-bond acceptors (Lipinski definition) is 5. The Bertz CT molecular complexity index is 1100. The number of ether oxygens (including phenoxy) is 1. The molecule has 1 aliphatic carbocycles. The lowest BCUT2D eigenvalue weighted by molar-refractivity contribution is -0.126. The van der Waals surface area contributed by atoms with Crippen molar-refractivity contribution in [3.8, 4) is 11.5 Å². The molecule has 0 atom stereocenters. The van der Waals surface area contributed by atoms with Crippen molar-refractivity contribution in [1.82, 2.24) is 15.3 Å².